The minimum absolute atomic E-state index is 0.639. The number of ether oxygens (including phenoxy) is 1. The fourth-order valence-corrected chi connectivity index (χ4v) is 6.57. The molecule has 1 aliphatic heterocycles. The van der Waals surface area contributed by atoms with Crippen LogP contribution in [-0.2, 0) is 7.05 Å². The Hall–Kier alpha value is -5.14. The van der Waals surface area contributed by atoms with Crippen molar-refractivity contribution in [1.82, 2.24) is 4.57 Å². The Kier molecular flexibility index (Phi) is 4.32. The first kappa shape index (κ1) is 21.9. The van der Waals surface area contributed by atoms with Crippen LogP contribution in [0.3, 0.4) is 0 Å². The van der Waals surface area contributed by atoms with Gasteiger partial charge in [0.25, 0.3) is 5.69 Å². The van der Waals surface area contributed by atoms with Crippen LogP contribution in [0.1, 0.15) is 16.7 Å². The van der Waals surface area contributed by atoms with Crippen LogP contribution in [0.15, 0.2) is 91.0 Å². The maximum absolute atomic E-state index is 10.2. The van der Waals surface area contributed by atoms with Gasteiger partial charge in [-0.2, -0.15) is 9.83 Å². The minimum Gasteiger partial charge on any atom is -0.447 e. The van der Waals surface area contributed by atoms with Gasteiger partial charge < -0.3 is 9.30 Å². The van der Waals surface area contributed by atoms with Gasteiger partial charge in [0.05, 0.1) is 27.5 Å². The fraction of sp³-hybridized carbons (Fsp3) is 0.0857. The zero-order valence-corrected chi connectivity index (χ0v) is 21.9. The molecule has 0 atom stereocenters. The predicted molar refractivity (Wildman–Crippen MR) is 157 cm³/mol. The molecule has 0 saturated heterocycles. The summed E-state index contributed by atoms with van der Waals surface area (Å²) in [5.41, 5.74) is 9.39. The Morgan fingerprint density at radius 3 is 2.41 bits per heavy atom. The molecule has 0 saturated carbocycles. The number of hydrogen-bond donors (Lipinski definition) is 0. The average molecular weight is 503 g/mol. The van der Waals surface area contributed by atoms with Crippen LogP contribution in [-0.4, -0.2) is 4.57 Å². The molecule has 184 valence electrons. The lowest BCUT2D eigenvalue weighted by molar-refractivity contribution is -0.633. The summed E-state index contributed by atoms with van der Waals surface area (Å²) >= 11 is 0. The second kappa shape index (κ2) is 7.69. The van der Waals surface area contributed by atoms with Gasteiger partial charge in [-0.1, -0.05) is 60.7 Å². The van der Waals surface area contributed by atoms with Crippen molar-refractivity contribution in [2.24, 2.45) is 7.05 Å². The molecule has 0 unspecified atom stereocenters. The van der Waals surface area contributed by atoms with Crippen molar-refractivity contribution in [3.05, 3.63) is 108 Å². The summed E-state index contributed by atoms with van der Waals surface area (Å²) in [5.74, 6) is 1.66. The lowest BCUT2D eigenvalue weighted by Crippen LogP contribution is -2.34. The molecule has 3 heterocycles. The topological polar surface area (TPSA) is 41.8 Å². The highest BCUT2D eigenvalue weighted by molar-refractivity contribution is 6.13. The molecule has 1 aliphatic rings. The molecule has 0 N–H and O–H groups in total. The number of para-hydroxylation sites is 3. The molecule has 4 heteroatoms. The van der Waals surface area contributed by atoms with Gasteiger partial charge in [-0.25, -0.2) is 0 Å². The maximum Gasteiger partial charge on any atom is 0.259 e. The molecule has 0 amide bonds. The molecule has 8 rings (SSSR count). The van der Waals surface area contributed by atoms with Crippen molar-refractivity contribution in [1.29, 1.82) is 5.26 Å². The van der Waals surface area contributed by atoms with Crippen LogP contribution in [0, 0.1) is 25.2 Å². The van der Waals surface area contributed by atoms with Crippen molar-refractivity contribution in [3.8, 4) is 34.5 Å². The summed E-state index contributed by atoms with van der Waals surface area (Å²) < 4.78 is 11.5. The van der Waals surface area contributed by atoms with E-state index in [-0.39, 0.29) is 0 Å². The highest BCUT2D eigenvalue weighted by Gasteiger charge is 2.36. The molecule has 2 aromatic heterocycles. The number of aromatic nitrogens is 2. The van der Waals surface area contributed by atoms with Crippen LogP contribution >= 0.6 is 0 Å². The van der Waals surface area contributed by atoms with Crippen LogP contribution < -0.4 is 9.30 Å². The second-order valence-electron chi connectivity index (χ2n) is 10.4. The number of benzene rings is 5. The monoisotopic (exact) mass is 502 g/mol. The quantitative estimate of drug-likeness (QED) is 0.212. The third-order valence-electron chi connectivity index (χ3n) is 8.42. The van der Waals surface area contributed by atoms with Crippen LogP contribution in [0.25, 0.3) is 60.4 Å². The average Bonchev–Trinajstić information content (AvgIpc) is 3.30. The first-order chi connectivity index (χ1) is 19.1. The molecule has 0 aliphatic carbocycles. The van der Waals surface area contributed by atoms with Gasteiger partial charge in [-0.05, 0) is 54.6 Å². The largest absolute Gasteiger partial charge is 0.447 e. The number of pyridine rings is 1. The Labute approximate surface area is 225 Å². The molecule has 0 spiro atoms. The molecule has 0 radical (unpaired) electrons. The molecule has 5 aromatic carbocycles. The number of aryl methyl sites for hydroxylation is 2. The Bertz CT molecular complexity index is 2250. The summed E-state index contributed by atoms with van der Waals surface area (Å²) in [4.78, 5) is 0. The van der Waals surface area contributed by atoms with Gasteiger partial charge >= 0.3 is 0 Å². The molecular formula is C35H24N3O+. The highest BCUT2D eigenvalue weighted by atomic mass is 16.5. The summed E-state index contributed by atoms with van der Waals surface area (Å²) in [6, 6.07) is 33.9. The van der Waals surface area contributed by atoms with Gasteiger partial charge in [0.15, 0.2) is 0 Å². The Balaban J connectivity index is 1.67. The second-order valence-corrected chi connectivity index (χ2v) is 10.4. The van der Waals surface area contributed by atoms with Crippen LogP contribution in [0.4, 0.5) is 0 Å². The molecule has 39 heavy (non-hydrogen) atoms. The highest BCUT2D eigenvalue weighted by Crippen LogP contribution is 2.52. The van der Waals surface area contributed by atoms with Crippen molar-refractivity contribution >= 4 is 43.5 Å². The minimum atomic E-state index is 0.639. The number of nitrogens with zero attached hydrogens (tertiary/aromatic N) is 3. The Morgan fingerprint density at radius 2 is 1.56 bits per heavy atom. The summed E-state index contributed by atoms with van der Waals surface area (Å²) in [6.45, 7) is 4.39. The van der Waals surface area contributed by atoms with E-state index in [1.165, 1.54) is 22.1 Å². The SMILES string of the molecule is Cc1cc2cccc3c2c(c1C)-c1c(c(-n2c4ccccc4c4cccc(C#N)c42)c2ccccc2[n+]1C)O3. The molecular weight excluding hydrogens is 478 g/mol. The number of nitriles is 1. The van der Waals surface area contributed by atoms with Gasteiger partial charge in [0.1, 0.15) is 24.6 Å². The van der Waals surface area contributed by atoms with E-state index in [1.54, 1.807) is 0 Å². The normalized spacial score (nSPS) is 12.2. The van der Waals surface area contributed by atoms with Crippen LogP contribution in [0.2, 0.25) is 0 Å². The van der Waals surface area contributed by atoms with E-state index < -0.39 is 0 Å². The molecule has 0 fully saturated rings. The van der Waals surface area contributed by atoms with Gasteiger partial charge in [-0.15, -0.1) is 0 Å². The van der Waals surface area contributed by atoms with Crippen molar-refractivity contribution in [3.63, 3.8) is 0 Å². The first-order valence-corrected chi connectivity index (χ1v) is 13.2. The number of fused-ring (bicyclic) bond motifs is 6. The first-order valence-electron chi connectivity index (χ1n) is 13.2. The van der Waals surface area contributed by atoms with Gasteiger partial charge in [0.2, 0.25) is 11.3 Å². The van der Waals surface area contributed by atoms with Crippen molar-refractivity contribution < 1.29 is 9.30 Å². The number of hydrogen-bond acceptors (Lipinski definition) is 2. The third kappa shape index (κ3) is 2.74. The summed E-state index contributed by atoms with van der Waals surface area (Å²) in [6.07, 6.45) is 0. The van der Waals surface area contributed by atoms with Gasteiger partial charge in [0, 0.05) is 22.2 Å². The smallest absolute Gasteiger partial charge is 0.259 e. The van der Waals surface area contributed by atoms with Crippen LogP contribution in [0.5, 0.6) is 11.5 Å². The van der Waals surface area contributed by atoms with Crippen molar-refractivity contribution in [2.45, 2.75) is 13.8 Å². The molecule has 0 bridgehead atoms. The zero-order valence-electron chi connectivity index (χ0n) is 21.9. The zero-order chi connectivity index (χ0) is 26.4. The number of rotatable bonds is 1. The molecule has 7 aromatic rings. The van der Waals surface area contributed by atoms with Gasteiger partial charge in [-0.3, -0.25) is 0 Å². The summed E-state index contributed by atoms with van der Waals surface area (Å²) in [5, 5.41) is 15.8. The summed E-state index contributed by atoms with van der Waals surface area (Å²) in [7, 11) is 2.13. The van der Waals surface area contributed by atoms with E-state index in [0.717, 1.165) is 61.0 Å². The standard InChI is InChI=1S/C35H24N3O/c1-20-18-22-10-9-17-29-31(22)30(21(20)2)34-35(39-29)33(26-13-5-6-15-27(26)37(34)3)38-28-16-7-4-12-24(28)25-14-8-11-23(19-36)32(25)38/h4-18H,1-3H3/q+1. The Morgan fingerprint density at radius 1 is 0.821 bits per heavy atom. The predicted octanol–water partition coefficient (Wildman–Crippen LogP) is 8.18. The fourth-order valence-electron chi connectivity index (χ4n) is 6.57. The maximum atomic E-state index is 10.2. The van der Waals surface area contributed by atoms with Crippen molar-refractivity contribution in [2.75, 3.05) is 0 Å². The lowest BCUT2D eigenvalue weighted by atomic mass is 9.90. The third-order valence-corrected chi connectivity index (χ3v) is 8.42. The molecule has 4 nitrogen and oxygen atoms in total. The van der Waals surface area contributed by atoms with E-state index >= 15 is 0 Å². The van der Waals surface area contributed by atoms with E-state index in [2.05, 4.69) is 115 Å². The van der Waals surface area contributed by atoms with E-state index in [1.807, 2.05) is 12.1 Å². The lowest BCUT2D eigenvalue weighted by Gasteiger charge is -2.25. The van der Waals surface area contributed by atoms with E-state index in [0.29, 0.717) is 5.56 Å². The van der Waals surface area contributed by atoms with E-state index in [9.17, 15) is 5.26 Å². The van der Waals surface area contributed by atoms with E-state index in [4.69, 9.17) is 4.74 Å².